The fraction of sp³-hybridized carbons (Fsp3) is 0.316. The third-order valence-corrected chi connectivity index (χ3v) is 5.18. The van der Waals surface area contributed by atoms with E-state index in [4.69, 9.17) is 9.47 Å². The van der Waals surface area contributed by atoms with Gasteiger partial charge < -0.3 is 14.8 Å². The average Bonchev–Trinajstić information content (AvgIpc) is 2.62. The molecule has 0 bridgehead atoms. The van der Waals surface area contributed by atoms with E-state index in [0.29, 0.717) is 29.5 Å². The molecule has 0 aromatic heterocycles. The fourth-order valence-corrected chi connectivity index (χ4v) is 3.76. The van der Waals surface area contributed by atoms with Gasteiger partial charge in [0.25, 0.3) is 0 Å². The highest BCUT2D eigenvalue weighted by Gasteiger charge is 2.22. The lowest BCUT2D eigenvalue weighted by Gasteiger charge is -2.14. The van der Waals surface area contributed by atoms with Gasteiger partial charge in [-0.1, -0.05) is 13.0 Å². The summed E-state index contributed by atoms with van der Waals surface area (Å²) in [6.45, 7) is 4.01. The van der Waals surface area contributed by atoms with Gasteiger partial charge in [0, 0.05) is 11.8 Å². The van der Waals surface area contributed by atoms with Crippen LogP contribution in [0.3, 0.4) is 0 Å². The Kier molecular flexibility index (Phi) is 7.06. The molecule has 146 valence electrons. The highest BCUT2D eigenvalue weighted by molar-refractivity contribution is 7.92. The van der Waals surface area contributed by atoms with E-state index in [-0.39, 0.29) is 11.7 Å². The second-order valence-electron chi connectivity index (χ2n) is 5.96. The van der Waals surface area contributed by atoms with Crippen LogP contribution in [0.2, 0.25) is 0 Å². The molecule has 0 aliphatic rings. The molecule has 0 spiro atoms. The predicted octanol–water partition coefficient (Wildman–Crippen LogP) is 3.11. The highest BCUT2D eigenvalue weighted by Crippen LogP contribution is 2.19. The van der Waals surface area contributed by atoms with Gasteiger partial charge in [0.15, 0.2) is 0 Å². The number of hydrogen-bond acceptors (Lipinski definition) is 5. The Balaban J connectivity index is 1.95. The van der Waals surface area contributed by atoms with Gasteiger partial charge in [-0.2, -0.15) is 0 Å². The number of ether oxygens (including phenoxy) is 2. The molecular weight excluding hydrogens is 368 g/mol. The van der Waals surface area contributed by atoms with Crippen LogP contribution in [0.4, 0.5) is 11.4 Å². The van der Waals surface area contributed by atoms with Crippen LogP contribution in [-0.2, 0) is 14.8 Å². The number of carbonyl (C=O) groups is 1. The third kappa shape index (κ3) is 6.49. The summed E-state index contributed by atoms with van der Waals surface area (Å²) in [5.74, 6) is -0.215. The van der Waals surface area contributed by atoms with Gasteiger partial charge in [-0.05, 0) is 43.3 Å². The normalized spacial score (nSPS) is 12.1. The molecule has 0 saturated heterocycles. The SMILES string of the molecule is CCOc1ccc(NC(=O)C(C)CS(=O)(=O)Nc2cccc(OC)c2)cc1. The third-order valence-electron chi connectivity index (χ3n) is 3.69. The molecule has 2 N–H and O–H groups in total. The molecule has 0 heterocycles. The van der Waals surface area contributed by atoms with Crippen LogP contribution in [0.5, 0.6) is 11.5 Å². The molecule has 1 atom stereocenters. The quantitative estimate of drug-likeness (QED) is 0.684. The maximum Gasteiger partial charge on any atom is 0.233 e. The Morgan fingerprint density at radius 2 is 1.78 bits per heavy atom. The van der Waals surface area contributed by atoms with Crippen molar-refractivity contribution in [2.75, 3.05) is 29.5 Å². The Bertz CT molecular complexity index is 866. The molecule has 2 rings (SSSR count). The van der Waals surface area contributed by atoms with Crippen LogP contribution in [0, 0.1) is 5.92 Å². The average molecular weight is 392 g/mol. The summed E-state index contributed by atoms with van der Waals surface area (Å²) in [7, 11) is -2.20. The van der Waals surface area contributed by atoms with Gasteiger partial charge in [-0.25, -0.2) is 8.42 Å². The van der Waals surface area contributed by atoms with Crippen molar-refractivity contribution in [3.05, 3.63) is 48.5 Å². The van der Waals surface area contributed by atoms with Gasteiger partial charge in [-0.15, -0.1) is 0 Å². The summed E-state index contributed by atoms with van der Waals surface area (Å²) in [4.78, 5) is 12.3. The summed E-state index contributed by atoms with van der Waals surface area (Å²) >= 11 is 0. The highest BCUT2D eigenvalue weighted by atomic mass is 32.2. The number of sulfonamides is 1. The number of nitrogens with one attached hydrogen (secondary N) is 2. The number of amides is 1. The van der Waals surface area contributed by atoms with E-state index in [1.165, 1.54) is 7.11 Å². The molecular formula is C19H24N2O5S. The Hall–Kier alpha value is -2.74. The van der Waals surface area contributed by atoms with Crippen LogP contribution in [-0.4, -0.2) is 33.8 Å². The molecule has 0 aliphatic heterocycles. The molecule has 2 aromatic carbocycles. The lowest BCUT2D eigenvalue weighted by Crippen LogP contribution is -2.29. The van der Waals surface area contributed by atoms with Gasteiger partial charge in [0.2, 0.25) is 15.9 Å². The molecule has 2 aromatic rings. The summed E-state index contributed by atoms with van der Waals surface area (Å²) in [5.41, 5.74) is 0.960. The second kappa shape index (κ2) is 9.27. The van der Waals surface area contributed by atoms with E-state index in [0.717, 1.165) is 0 Å². The number of hydrogen-bond donors (Lipinski definition) is 2. The standard InChI is InChI=1S/C19H24N2O5S/c1-4-26-17-10-8-15(9-11-17)20-19(22)14(2)13-27(23,24)21-16-6-5-7-18(12-16)25-3/h5-12,14,21H,4,13H2,1-3H3,(H,20,22). The Morgan fingerprint density at radius 1 is 1.07 bits per heavy atom. The Morgan fingerprint density at radius 3 is 2.41 bits per heavy atom. The first-order valence-electron chi connectivity index (χ1n) is 8.51. The van der Waals surface area contributed by atoms with Crippen molar-refractivity contribution in [2.45, 2.75) is 13.8 Å². The van der Waals surface area contributed by atoms with E-state index in [1.54, 1.807) is 55.5 Å². The van der Waals surface area contributed by atoms with Gasteiger partial charge in [0.05, 0.1) is 31.1 Å². The maximum absolute atomic E-state index is 12.3. The van der Waals surface area contributed by atoms with Gasteiger partial charge in [-0.3, -0.25) is 9.52 Å². The molecule has 0 saturated carbocycles. The number of rotatable bonds is 9. The second-order valence-corrected chi connectivity index (χ2v) is 7.73. The minimum absolute atomic E-state index is 0.340. The summed E-state index contributed by atoms with van der Waals surface area (Å²) in [5, 5.41) is 2.71. The molecule has 0 aliphatic carbocycles. The zero-order valence-electron chi connectivity index (χ0n) is 15.6. The van der Waals surface area contributed by atoms with Crippen molar-refractivity contribution in [3.8, 4) is 11.5 Å². The van der Waals surface area contributed by atoms with E-state index in [9.17, 15) is 13.2 Å². The van der Waals surface area contributed by atoms with Crippen molar-refractivity contribution >= 4 is 27.3 Å². The fourth-order valence-electron chi connectivity index (χ4n) is 2.38. The molecule has 1 unspecified atom stereocenters. The zero-order chi connectivity index (χ0) is 19.9. The van der Waals surface area contributed by atoms with Crippen molar-refractivity contribution in [1.82, 2.24) is 0 Å². The van der Waals surface area contributed by atoms with Gasteiger partial charge in [0.1, 0.15) is 11.5 Å². The first-order valence-corrected chi connectivity index (χ1v) is 10.2. The molecule has 8 heteroatoms. The number of anilines is 2. The van der Waals surface area contributed by atoms with Crippen LogP contribution in [0.25, 0.3) is 0 Å². The smallest absolute Gasteiger partial charge is 0.233 e. The number of methoxy groups -OCH3 is 1. The minimum atomic E-state index is -3.70. The molecule has 1 amide bonds. The monoisotopic (exact) mass is 392 g/mol. The summed E-state index contributed by atoms with van der Waals surface area (Å²) < 4.78 is 37.5. The number of benzene rings is 2. The molecule has 0 fully saturated rings. The lowest BCUT2D eigenvalue weighted by molar-refractivity contribution is -0.118. The van der Waals surface area contributed by atoms with Gasteiger partial charge >= 0.3 is 0 Å². The van der Waals surface area contributed by atoms with Crippen LogP contribution < -0.4 is 19.5 Å². The van der Waals surface area contributed by atoms with Crippen LogP contribution in [0.15, 0.2) is 48.5 Å². The van der Waals surface area contributed by atoms with Crippen LogP contribution >= 0.6 is 0 Å². The summed E-state index contributed by atoms with van der Waals surface area (Å²) in [6, 6.07) is 13.5. The van der Waals surface area contributed by atoms with Crippen molar-refractivity contribution < 1.29 is 22.7 Å². The minimum Gasteiger partial charge on any atom is -0.497 e. The maximum atomic E-state index is 12.3. The first-order chi connectivity index (χ1) is 12.8. The van der Waals surface area contributed by atoms with E-state index < -0.39 is 15.9 Å². The number of carbonyl (C=O) groups excluding carboxylic acids is 1. The Labute approximate surface area is 159 Å². The first kappa shape index (κ1) is 20.6. The molecule has 0 radical (unpaired) electrons. The molecule has 7 nitrogen and oxygen atoms in total. The topological polar surface area (TPSA) is 93.7 Å². The van der Waals surface area contributed by atoms with Crippen molar-refractivity contribution in [3.63, 3.8) is 0 Å². The van der Waals surface area contributed by atoms with E-state index >= 15 is 0 Å². The van der Waals surface area contributed by atoms with E-state index in [1.807, 2.05) is 6.92 Å². The molecule has 27 heavy (non-hydrogen) atoms. The van der Waals surface area contributed by atoms with E-state index in [2.05, 4.69) is 10.0 Å². The van der Waals surface area contributed by atoms with Crippen LogP contribution in [0.1, 0.15) is 13.8 Å². The van der Waals surface area contributed by atoms with Crippen molar-refractivity contribution in [2.24, 2.45) is 5.92 Å². The summed E-state index contributed by atoms with van der Waals surface area (Å²) in [6.07, 6.45) is 0. The largest absolute Gasteiger partial charge is 0.497 e. The van der Waals surface area contributed by atoms with Crippen molar-refractivity contribution in [1.29, 1.82) is 0 Å². The zero-order valence-corrected chi connectivity index (χ0v) is 16.4. The predicted molar refractivity (Wildman–Crippen MR) is 106 cm³/mol. The lowest BCUT2D eigenvalue weighted by atomic mass is 10.2.